The molecule has 1 saturated heterocycles. The lowest BCUT2D eigenvalue weighted by Gasteiger charge is -2.38. The van der Waals surface area contributed by atoms with Gasteiger partial charge in [-0.1, -0.05) is 6.07 Å². The van der Waals surface area contributed by atoms with Gasteiger partial charge in [-0.3, -0.25) is 19.8 Å². The van der Waals surface area contributed by atoms with Crippen LogP contribution in [-0.2, 0) is 11.0 Å². The van der Waals surface area contributed by atoms with Crippen molar-refractivity contribution in [3.05, 3.63) is 58.1 Å². The number of carbonyl (C=O) groups is 1. The van der Waals surface area contributed by atoms with E-state index in [4.69, 9.17) is 4.74 Å². The normalized spacial score (nSPS) is 15.8. The number of anilines is 2. The quantitative estimate of drug-likeness (QED) is 0.530. The second-order valence-electron chi connectivity index (χ2n) is 7.38. The van der Waals surface area contributed by atoms with Gasteiger partial charge in [-0.2, -0.15) is 13.2 Å². The summed E-state index contributed by atoms with van der Waals surface area (Å²) in [6.07, 6.45) is -4.41. The minimum absolute atomic E-state index is 0.0650. The predicted molar refractivity (Wildman–Crippen MR) is 113 cm³/mol. The number of benzene rings is 2. The Bertz CT molecular complexity index is 991. The van der Waals surface area contributed by atoms with E-state index in [1.807, 2.05) is 9.80 Å². The average Bonchev–Trinajstić information content (AvgIpc) is 2.78. The van der Waals surface area contributed by atoms with Crippen LogP contribution < -0.4 is 15.0 Å². The molecule has 0 bridgehead atoms. The van der Waals surface area contributed by atoms with Crippen molar-refractivity contribution < 1.29 is 27.6 Å². The topological polar surface area (TPSA) is 88.0 Å². The van der Waals surface area contributed by atoms with Gasteiger partial charge in [-0.25, -0.2) is 0 Å². The number of ether oxygens (including phenoxy) is 1. The van der Waals surface area contributed by atoms with Crippen LogP contribution in [0, 0.1) is 10.1 Å². The molecule has 0 radical (unpaired) electrons. The molecule has 1 atom stereocenters. The summed E-state index contributed by atoms with van der Waals surface area (Å²) in [7, 11) is 1.39. The summed E-state index contributed by atoms with van der Waals surface area (Å²) in [6.45, 7) is 3.49. The Balaban J connectivity index is 1.63. The molecule has 1 unspecified atom stereocenters. The first-order valence-electron chi connectivity index (χ1n) is 9.89. The maximum absolute atomic E-state index is 13.0. The van der Waals surface area contributed by atoms with E-state index in [1.165, 1.54) is 31.4 Å². The number of nitrogens with one attached hydrogen (secondary N) is 1. The maximum atomic E-state index is 13.0. The van der Waals surface area contributed by atoms with Gasteiger partial charge < -0.3 is 15.0 Å². The molecule has 1 heterocycles. The molecule has 1 amide bonds. The van der Waals surface area contributed by atoms with E-state index in [0.717, 1.165) is 12.1 Å². The summed E-state index contributed by atoms with van der Waals surface area (Å²) in [6, 6.07) is 8.73. The zero-order valence-electron chi connectivity index (χ0n) is 17.6. The highest BCUT2D eigenvalue weighted by molar-refractivity contribution is 5.96. The Morgan fingerprint density at radius 1 is 1.16 bits per heavy atom. The Hall–Kier alpha value is -3.34. The Kier molecular flexibility index (Phi) is 6.87. The van der Waals surface area contributed by atoms with Crippen LogP contribution in [0.15, 0.2) is 42.5 Å². The first-order chi connectivity index (χ1) is 15.1. The molecule has 11 heteroatoms. The summed E-state index contributed by atoms with van der Waals surface area (Å²) >= 11 is 0. The highest BCUT2D eigenvalue weighted by atomic mass is 19.4. The van der Waals surface area contributed by atoms with Crippen molar-refractivity contribution in [2.24, 2.45) is 0 Å². The highest BCUT2D eigenvalue weighted by Crippen LogP contribution is 2.32. The molecule has 8 nitrogen and oxygen atoms in total. The number of hydrogen-bond donors (Lipinski definition) is 1. The van der Waals surface area contributed by atoms with Gasteiger partial charge in [-0.05, 0) is 37.3 Å². The monoisotopic (exact) mass is 452 g/mol. The molecule has 0 saturated carbocycles. The van der Waals surface area contributed by atoms with Gasteiger partial charge in [0.2, 0.25) is 5.91 Å². The molecule has 0 aliphatic carbocycles. The van der Waals surface area contributed by atoms with Crippen molar-refractivity contribution in [1.29, 1.82) is 0 Å². The number of hydrogen-bond acceptors (Lipinski definition) is 6. The van der Waals surface area contributed by atoms with Crippen molar-refractivity contribution in [3.8, 4) is 5.75 Å². The maximum Gasteiger partial charge on any atom is 0.416 e. The van der Waals surface area contributed by atoms with Crippen LogP contribution in [0.5, 0.6) is 5.75 Å². The third kappa shape index (κ3) is 5.28. The first kappa shape index (κ1) is 23.3. The molecular weight excluding hydrogens is 429 g/mol. The molecule has 1 N–H and O–H groups in total. The van der Waals surface area contributed by atoms with Crippen LogP contribution in [0.4, 0.5) is 30.2 Å². The molecule has 2 aromatic rings. The lowest BCUT2D eigenvalue weighted by atomic mass is 10.1. The van der Waals surface area contributed by atoms with Crippen LogP contribution in [0.25, 0.3) is 0 Å². The van der Waals surface area contributed by atoms with Crippen molar-refractivity contribution in [2.75, 3.05) is 43.5 Å². The van der Waals surface area contributed by atoms with Gasteiger partial charge in [0, 0.05) is 31.9 Å². The summed E-state index contributed by atoms with van der Waals surface area (Å²) in [5, 5.41) is 13.9. The second kappa shape index (κ2) is 9.43. The summed E-state index contributed by atoms with van der Waals surface area (Å²) < 4.78 is 43.9. The minimum atomic E-state index is -4.41. The number of nitrogens with zero attached hydrogens (tertiary/aromatic N) is 3. The number of rotatable bonds is 6. The van der Waals surface area contributed by atoms with Gasteiger partial charge in [0.15, 0.2) is 0 Å². The summed E-state index contributed by atoms with van der Waals surface area (Å²) in [5.41, 5.74) is -0.439. The van der Waals surface area contributed by atoms with E-state index in [9.17, 15) is 28.1 Å². The zero-order chi connectivity index (χ0) is 23.5. The van der Waals surface area contributed by atoms with Crippen LogP contribution in [-0.4, -0.2) is 55.1 Å². The van der Waals surface area contributed by atoms with Gasteiger partial charge >= 0.3 is 6.18 Å². The number of amides is 1. The average molecular weight is 452 g/mol. The Labute approximate surface area is 182 Å². The van der Waals surface area contributed by atoms with Crippen molar-refractivity contribution >= 4 is 23.0 Å². The van der Waals surface area contributed by atoms with Gasteiger partial charge in [0.25, 0.3) is 5.69 Å². The summed E-state index contributed by atoms with van der Waals surface area (Å²) in [4.78, 5) is 27.1. The lowest BCUT2D eigenvalue weighted by Crippen LogP contribution is -2.52. The van der Waals surface area contributed by atoms with E-state index in [2.05, 4.69) is 5.32 Å². The largest absolute Gasteiger partial charge is 0.496 e. The molecule has 1 aliphatic heterocycles. The fourth-order valence-electron chi connectivity index (χ4n) is 3.54. The van der Waals surface area contributed by atoms with Gasteiger partial charge in [0.05, 0.1) is 29.7 Å². The molecule has 2 aromatic carbocycles. The number of carbonyl (C=O) groups excluding carboxylic acids is 1. The van der Waals surface area contributed by atoms with E-state index in [0.29, 0.717) is 37.6 Å². The van der Waals surface area contributed by atoms with E-state index in [1.54, 1.807) is 13.0 Å². The standard InChI is InChI=1S/C21H23F3N4O4/c1-14(20(29)25-18-7-6-17(32-2)13-19(18)28(30)31)26-8-10-27(11-9-26)16-5-3-4-15(12-16)21(22,23)24/h3-7,12-14H,8-11H2,1-2H3,(H,25,29). The van der Waals surface area contributed by atoms with E-state index < -0.39 is 28.6 Å². The molecule has 32 heavy (non-hydrogen) atoms. The minimum Gasteiger partial charge on any atom is -0.496 e. The Morgan fingerprint density at radius 3 is 2.44 bits per heavy atom. The van der Waals surface area contributed by atoms with Crippen LogP contribution >= 0.6 is 0 Å². The lowest BCUT2D eigenvalue weighted by molar-refractivity contribution is -0.384. The summed E-state index contributed by atoms with van der Waals surface area (Å²) in [5.74, 6) is -0.112. The van der Waals surface area contributed by atoms with Crippen LogP contribution in [0.3, 0.4) is 0 Å². The number of methoxy groups -OCH3 is 1. The molecule has 0 aromatic heterocycles. The fourth-order valence-corrected chi connectivity index (χ4v) is 3.54. The van der Waals surface area contributed by atoms with Crippen molar-refractivity contribution in [2.45, 2.75) is 19.1 Å². The number of piperazine rings is 1. The SMILES string of the molecule is COc1ccc(NC(=O)C(C)N2CCN(c3cccc(C(F)(F)F)c3)CC2)c([N+](=O)[O-])c1. The molecule has 1 aliphatic rings. The first-order valence-corrected chi connectivity index (χ1v) is 9.89. The van der Waals surface area contributed by atoms with Crippen molar-refractivity contribution in [3.63, 3.8) is 0 Å². The van der Waals surface area contributed by atoms with Gasteiger partial charge in [-0.15, -0.1) is 0 Å². The van der Waals surface area contributed by atoms with Gasteiger partial charge in [0.1, 0.15) is 11.4 Å². The van der Waals surface area contributed by atoms with E-state index >= 15 is 0 Å². The third-order valence-electron chi connectivity index (χ3n) is 5.44. The van der Waals surface area contributed by atoms with Crippen LogP contribution in [0.2, 0.25) is 0 Å². The number of halogens is 3. The predicted octanol–water partition coefficient (Wildman–Crippen LogP) is 3.77. The molecular formula is C21H23F3N4O4. The Morgan fingerprint density at radius 2 is 1.84 bits per heavy atom. The zero-order valence-corrected chi connectivity index (χ0v) is 17.6. The molecule has 3 rings (SSSR count). The number of nitro benzene ring substituents is 1. The molecule has 0 spiro atoms. The number of alkyl halides is 3. The second-order valence-corrected chi connectivity index (χ2v) is 7.38. The third-order valence-corrected chi connectivity index (χ3v) is 5.44. The van der Waals surface area contributed by atoms with E-state index in [-0.39, 0.29) is 11.4 Å². The smallest absolute Gasteiger partial charge is 0.416 e. The number of nitro groups is 1. The van der Waals surface area contributed by atoms with Crippen LogP contribution in [0.1, 0.15) is 12.5 Å². The fraction of sp³-hybridized carbons (Fsp3) is 0.381. The highest BCUT2D eigenvalue weighted by Gasteiger charge is 2.32. The molecule has 172 valence electrons. The molecule has 1 fully saturated rings. The van der Waals surface area contributed by atoms with Crippen molar-refractivity contribution in [1.82, 2.24) is 4.90 Å².